The van der Waals surface area contributed by atoms with E-state index < -0.39 is 24.5 Å². The molecule has 6 heteroatoms. The fraction of sp³-hybridized carbons (Fsp3) is 0.467. The maximum Gasteiger partial charge on any atom is 0.137 e. The molecule has 4 unspecified atom stereocenters. The molecule has 1 saturated heterocycles. The molecule has 0 spiro atoms. The molecule has 1 aromatic heterocycles. The van der Waals surface area contributed by atoms with Crippen molar-refractivity contribution in [2.75, 3.05) is 13.2 Å². The number of benzene rings is 1. The van der Waals surface area contributed by atoms with Gasteiger partial charge in [0, 0.05) is 23.6 Å². The third kappa shape index (κ3) is 2.95. The molecule has 6 nitrogen and oxygen atoms in total. The fourth-order valence-electron chi connectivity index (χ4n) is 2.67. The van der Waals surface area contributed by atoms with Crippen LogP contribution in [0.4, 0.5) is 0 Å². The van der Waals surface area contributed by atoms with E-state index in [9.17, 15) is 15.3 Å². The van der Waals surface area contributed by atoms with Crippen LogP contribution >= 0.6 is 0 Å². The number of hydrogen-bond acceptors (Lipinski definition) is 5. The van der Waals surface area contributed by atoms with Crippen molar-refractivity contribution >= 4 is 10.9 Å². The van der Waals surface area contributed by atoms with Gasteiger partial charge in [-0.15, -0.1) is 0 Å². The Hall–Kier alpha value is -1.44. The average Bonchev–Trinajstić information content (AvgIpc) is 2.91. The SMILES string of the molecule is OC1COC(NCCc2c[nH]c3ccccc23)C(O)C1O. The highest BCUT2D eigenvalue weighted by Gasteiger charge is 2.37. The minimum Gasteiger partial charge on any atom is -0.388 e. The molecule has 0 radical (unpaired) electrons. The zero-order valence-corrected chi connectivity index (χ0v) is 11.6. The van der Waals surface area contributed by atoms with Crippen molar-refractivity contribution in [1.29, 1.82) is 0 Å². The van der Waals surface area contributed by atoms with Gasteiger partial charge in [0.05, 0.1) is 6.61 Å². The topological polar surface area (TPSA) is 97.7 Å². The highest BCUT2D eigenvalue weighted by atomic mass is 16.5. The molecule has 0 bridgehead atoms. The highest BCUT2D eigenvalue weighted by molar-refractivity contribution is 5.83. The van der Waals surface area contributed by atoms with E-state index in [0.717, 1.165) is 11.9 Å². The van der Waals surface area contributed by atoms with Crippen LogP contribution < -0.4 is 5.32 Å². The van der Waals surface area contributed by atoms with Crippen LogP contribution in [-0.4, -0.2) is 58.0 Å². The van der Waals surface area contributed by atoms with E-state index in [-0.39, 0.29) is 6.61 Å². The van der Waals surface area contributed by atoms with Gasteiger partial charge in [0.15, 0.2) is 0 Å². The second-order valence-corrected chi connectivity index (χ2v) is 5.37. The van der Waals surface area contributed by atoms with Crippen molar-refractivity contribution in [2.24, 2.45) is 0 Å². The lowest BCUT2D eigenvalue weighted by molar-refractivity contribution is -0.194. The Morgan fingerprint density at radius 3 is 2.86 bits per heavy atom. The third-order valence-electron chi connectivity index (χ3n) is 3.92. The van der Waals surface area contributed by atoms with Gasteiger partial charge in [0.1, 0.15) is 24.5 Å². The zero-order chi connectivity index (χ0) is 14.8. The van der Waals surface area contributed by atoms with Crippen LogP contribution in [0.1, 0.15) is 5.56 Å². The summed E-state index contributed by atoms with van der Waals surface area (Å²) in [6.45, 7) is 0.620. The summed E-state index contributed by atoms with van der Waals surface area (Å²) in [5, 5.41) is 33.1. The largest absolute Gasteiger partial charge is 0.388 e. The molecule has 1 fully saturated rings. The summed E-state index contributed by atoms with van der Waals surface area (Å²) in [5.74, 6) is 0. The van der Waals surface area contributed by atoms with Crippen molar-refractivity contribution in [3.8, 4) is 0 Å². The Kier molecular flexibility index (Phi) is 4.23. The van der Waals surface area contributed by atoms with E-state index in [1.807, 2.05) is 24.4 Å². The van der Waals surface area contributed by atoms with Gasteiger partial charge in [0.2, 0.25) is 0 Å². The number of rotatable bonds is 4. The summed E-state index contributed by atoms with van der Waals surface area (Å²) in [6, 6.07) is 8.07. The predicted molar refractivity (Wildman–Crippen MR) is 77.8 cm³/mol. The summed E-state index contributed by atoms with van der Waals surface area (Å²) in [4.78, 5) is 3.22. The van der Waals surface area contributed by atoms with Gasteiger partial charge in [-0.05, 0) is 18.1 Å². The van der Waals surface area contributed by atoms with Crippen molar-refractivity contribution < 1.29 is 20.1 Å². The van der Waals surface area contributed by atoms with E-state index in [1.54, 1.807) is 0 Å². The Morgan fingerprint density at radius 1 is 1.19 bits per heavy atom. The first-order chi connectivity index (χ1) is 10.2. The molecule has 1 aromatic carbocycles. The van der Waals surface area contributed by atoms with Gasteiger partial charge in [0.25, 0.3) is 0 Å². The number of H-pyrrole nitrogens is 1. The lowest BCUT2D eigenvalue weighted by Crippen LogP contribution is -2.58. The second-order valence-electron chi connectivity index (χ2n) is 5.37. The van der Waals surface area contributed by atoms with E-state index in [1.165, 1.54) is 10.9 Å². The van der Waals surface area contributed by atoms with Crippen LogP contribution in [0.5, 0.6) is 0 Å². The molecule has 3 rings (SSSR count). The number of hydrogen-bond donors (Lipinski definition) is 5. The van der Waals surface area contributed by atoms with Gasteiger partial charge < -0.3 is 25.0 Å². The van der Waals surface area contributed by atoms with E-state index in [2.05, 4.69) is 16.4 Å². The molecular formula is C15H20N2O4. The molecule has 1 aliphatic rings. The van der Waals surface area contributed by atoms with Crippen LogP contribution in [0.15, 0.2) is 30.5 Å². The number of ether oxygens (including phenoxy) is 1. The van der Waals surface area contributed by atoms with Crippen molar-refractivity contribution in [2.45, 2.75) is 31.0 Å². The first kappa shape index (κ1) is 14.5. The Bertz CT molecular complexity index is 600. The summed E-state index contributed by atoms with van der Waals surface area (Å²) >= 11 is 0. The van der Waals surface area contributed by atoms with Crippen LogP contribution in [0, 0.1) is 0 Å². The molecule has 2 aromatic rings. The fourth-order valence-corrected chi connectivity index (χ4v) is 2.67. The standard InChI is InChI=1S/C15H20N2O4/c18-12-8-21-15(14(20)13(12)19)16-6-5-9-7-17-11-4-2-1-3-10(9)11/h1-4,7,12-20H,5-6,8H2. The normalized spacial score (nSPS) is 29.9. The number of aromatic amines is 1. The Morgan fingerprint density at radius 2 is 2.00 bits per heavy atom. The minimum absolute atomic E-state index is 0.0168. The molecule has 114 valence electrons. The molecule has 21 heavy (non-hydrogen) atoms. The van der Waals surface area contributed by atoms with E-state index >= 15 is 0 Å². The number of para-hydroxylation sites is 1. The van der Waals surface area contributed by atoms with Gasteiger partial charge in [-0.1, -0.05) is 18.2 Å². The van der Waals surface area contributed by atoms with Crippen molar-refractivity contribution in [3.05, 3.63) is 36.0 Å². The highest BCUT2D eigenvalue weighted by Crippen LogP contribution is 2.18. The number of fused-ring (bicyclic) bond motifs is 1. The molecule has 0 amide bonds. The Balaban J connectivity index is 1.56. The van der Waals surface area contributed by atoms with Gasteiger partial charge in [-0.2, -0.15) is 0 Å². The predicted octanol–water partition coefficient (Wildman–Crippen LogP) is -0.261. The smallest absolute Gasteiger partial charge is 0.137 e. The second kappa shape index (κ2) is 6.13. The maximum absolute atomic E-state index is 9.83. The third-order valence-corrected chi connectivity index (χ3v) is 3.92. The Labute approximate surface area is 122 Å². The summed E-state index contributed by atoms with van der Waals surface area (Å²) in [7, 11) is 0. The number of aliphatic hydroxyl groups is 3. The van der Waals surface area contributed by atoms with Crippen LogP contribution in [0.25, 0.3) is 10.9 Å². The van der Waals surface area contributed by atoms with Gasteiger partial charge in [-0.25, -0.2) is 0 Å². The number of aromatic nitrogens is 1. The van der Waals surface area contributed by atoms with Gasteiger partial charge in [-0.3, -0.25) is 5.32 Å². The molecule has 0 aliphatic carbocycles. The quantitative estimate of drug-likeness (QED) is 0.535. The first-order valence-corrected chi connectivity index (χ1v) is 7.11. The molecular weight excluding hydrogens is 272 g/mol. The summed E-state index contributed by atoms with van der Waals surface area (Å²) in [6.07, 6.45) is -1.25. The molecule has 4 atom stereocenters. The minimum atomic E-state index is -1.18. The maximum atomic E-state index is 9.83. The van der Waals surface area contributed by atoms with E-state index in [0.29, 0.717) is 6.54 Å². The van der Waals surface area contributed by atoms with E-state index in [4.69, 9.17) is 4.74 Å². The zero-order valence-electron chi connectivity index (χ0n) is 11.6. The molecule has 5 N–H and O–H groups in total. The van der Waals surface area contributed by atoms with Crippen molar-refractivity contribution in [1.82, 2.24) is 10.3 Å². The average molecular weight is 292 g/mol. The lowest BCUT2D eigenvalue weighted by Gasteiger charge is -2.35. The van der Waals surface area contributed by atoms with Gasteiger partial charge >= 0.3 is 0 Å². The van der Waals surface area contributed by atoms with Crippen LogP contribution in [0.2, 0.25) is 0 Å². The number of nitrogens with one attached hydrogen (secondary N) is 2. The molecule has 2 heterocycles. The number of aliphatic hydroxyl groups excluding tert-OH is 3. The molecule has 1 aliphatic heterocycles. The summed E-state index contributed by atoms with van der Waals surface area (Å²) < 4.78 is 5.30. The molecule has 0 saturated carbocycles. The van der Waals surface area contributed by atoms with Crippen LogP contribution in [-0.2, 0) is 11.2 Å². The first-order valence-electron chi connectivity index (χ1n) is 7.11. The van der Waals surface area contributed by atoms with Crippen LogP contribution in [0.3, 0.4) is 0 Å². The monoisotopic (exact) mass is 292 g/mol. The lowest BCUT2D eigenvalue weighted by atomic mass is 10.0. The summed E-state index contributed by atoms with van der Waals surface area (Å²) in [5.41, 5.74) is 2.28. The van der Waals surface area contributed by atoms with Crippen molar-refractivity contribution in [3.63, 3.8) is 0 Å².